The zero-order valence-corrected chi connectivity index (χ0v) is 8.45. The molecule has 0 saturated heterocycles. The first-order valence-corrected chi connectivity index (χ1v) is 4.47. The molecular weight excluding hydrogens is 230 g/mol. The molecule has 3 nitrogen and oxygen atoms in total. The lowest BCUT2D eigenvalue weighted by Crippen LogP contribution is -1.97. The highest BCUT2D eigenvalue weighted by atomic mass is 79.9. The van der Waals surface area contributed by atoms with Crippen molar-refractivity contribution in [2.24, 2.45) is 10.9 Å². The van der Waals surface area contributed by atoms with E-state index in [-0.39, 0.29) is 0 Å². The van der Waals surface area contributed by atoms with E-state index >= 15 is 0 Å². The second kappa shape index (κ2) is 4.63. The molecule has 0 aliphatic heterocycles. The normalized spacial score (nSPS) is 10.9. The van der Waals surface area contributed by atoms with Crippen LogP contribution >= 0.6 is 15.9 Å². The van der Waals surface area contributed by atoms with Crippen molar-refractivity contribution in [3.63, 3.8) is 0 Å². The molecule has 0 aliphatic rings. The number of rotatable bonds is 2. The summed E-state index contributed by atoms with van der Waals surface area (Å²) in [6.07, 6.45) is 0.617. The van der Waals surface area contributed by atoms with Gasteiger partial charge < -0.3 is 5.84 Å². The summed E-state index contributed by atoms with van der Waals surface area (Å²) < 4.78 is 0.669. The third-order valence-electron chi connectivity index (χ3n) is 1.55. The summed E-state index contributed by atoms with van der Waals surface area (Å²) in [4.78, 5) is 0. The molecule has 0 amide bonds. The summed E-state index contributed by atoms with van der Waals surface area (Å²) in [5.41, 5.74) is 1.66. The average Bonchev–Trinajstić information content (AvgIpc) is 2.18. The van der Waals surface area contributed by atoms with Gasteiger partial charge in [0.15, 0.2) is 0 Å². The number of nitrogens with zero attached hydrogens (tertiary/aromatic N) is 2. The smallest absolute Gasteiger partial charge is 0.107 e. The van der Waals surface area contributed by atoms with Gasteiger partial charge in [-0.25, -0.2) is 0 Å². The maximum atomic E-state index is 8.64. The molecule has 1 aromatic rings. The van der Waals surface area contributed by atoms with Crippen LogP contribution in [0.1, 0.15) is 11.1 Å². The standard InChI is InChI=1S/C9H8BrN3/c10-9(13-12)5-7-2-1-3-8(4-7)6-11/h1-4H,5,12H2. The van der Waals surface area contributed by atoms with Crippen molar-refractivity contribution >= 4 is 20.6 Å². The van der Waals surface area contributed by atoms with Gasteiger partial charge in [0.25, 0.3) is 0 Å². The second-order valence-electron chi connectivity index (χ2n) is 2.49. The molecule has 2 N–H and O–H groups in total. The van der Waals surface area contributed by atoms with Crippen molar-refractivity contribution in [2.45, 2.75) is 6.42 Å². The van der Waals surface area contributed by atoms with Crippen LogP contribution in [0, 0.1) is 11.3 Å². The van der Waals surface area contributed by atoms with E-state index < -0.39 is 0 Å². The average molecular weight is 238 g/mol. The number of hydrogen-bond acceptors (Lipinski definition) is 3. The Bertz CT molecular complexity index is 365. The lowest BCUT2D eigenvalue weighted by molar-refractivity contribution is 1.22. The van der Waals surface area contributed by atoms with Gasteiger partial charge in [-0.3, -0.25) is 0 Å². The Hall–Kier alpha value is -1.34. The third kappa shape index (κ3) is 2.88. The molecule has 0 spiro atoms. The Kier molecular flexibility index (Phi) is 3.47. The predicted octanol–water partition coefficient (Wildman–Crippen LogP) is 1.77. The lowest BCUT2D eigenvalue weighted by atomic mass is 10.1. The molecule has 0 unspecified atom stereocenters. The van der Waals surface area contributed by atoms with E-state index in [1.165, 1.54) is 0 Å². The van der Waals surface area contributed by atoms with Crippen molar-refractivity contribution < 1.29 is 0 Å². The quantitative estimate of drug-likeness (QED) is 0.484. The SMILES string of the molecule is N#Cc1cccc(CC(Br)=NN)c1. The summed E-state index contributed by atoms with van der Waals surface area (Å²) in [5, 5.41) is 12.1. The van der Waals surface area contributed by atoms with Gasteiger partial charge in [0.05, 0.1) is 11.6 Å². The van der Waals surface area contributed by atoms with Crippen LogP contribution in [0.15, 0.2) is 29.4 Å². The van der Waals surface area contributed by atoms with Crippen LogP contribution in [-0.4, -0.2) is 4.62 Å². The number of hydrazone groups is 1. The van der Waals surface area contributed by atoms with Crippen molar-refractivity contribution in [1.82, 2.24) is 0 Å². The number of nitriles is 1. The zero-order chi connectivity index (χ0) is 9.68. The summed E-state index contributed by atoms with van der Waals surface area (Å²) in [6.45, 7) is 0. The van der Waals surface area contributed by atoms with Crippen molar-refractivity contribution in [2.75, 3.05) is 0 Å². The van der Waals surface area contributed by atoms with Gasteiger partial charge in [-0.05, 0) is 33.6 Å². The summed E-state index contributed by atoms with van der Waals surface area (Å²) in [6, 6.07) is 9.41. The molecule has 1 aromatic carbocycles. The fourth-order valence-electron chi connectivity index (χ4n) is 0.965. The maximum Gasteiger partial charge on any atom is 0.107 e. The van der Waals surface area contributed by atoms with Crippen LogP contribution in [0.5, 0.6) is 0 Å². The van der Waals surface area contributed by atoms with E-state index in [2.05, 4.69) is 27.1 Å². The van der Waals surface area contributed by atoms with E-state index in [4.69, 9.17) is 11.1 Å². The minimum atomic E-state index is 0.617. The highest BCUT2D eigenvalue weighted by molar-refractivity contribution is 9.18. The Morgan fingerprint density at radius 3 is 3.00 bits per heavy atom. The van der Waals surface area contributed by atoms with Crippen molar-refractivity contribution in [3.05, 3.63) is 35.4 Å². The Labute approximate surface area is 85.0 Å². The molecule has 0 fully saturated rings. The fraction of sp³-hybridized carbons (Fsp3) is 0.111. The second-order valence-corrected chi connectivity index (χ2v) is 3.41. The van der Waals surface area contributed by atoms with Gasteiger partial charge in [0.2, 0.25) is 0 Å². The summed E-state index contributed by atoms with van der Waals surface area (Å²) in [7, 11) is 0. The summed E-state index contributed by atoms with van der Waals surface area (Å²) in [5.74, 6) is 5.07. The van der Waals surface area contributed by atoms with Gasteiger partial charge >= 0.3 is 0 Å². The molecule has 0 aliphatic carbocycles. The van der Waals surface area contributed by atoms with Crippen LogP contribution in [0.3, 0.4) is 0 Å². The van der Waals surface area contributed by atoms with Crippen LogP contribution in [0.25, 0.3) is 0 Å². The molecule has 0 aromatic heterocycles. The van der Waals surface area contributed by atoms with E-state index in [1.54, 1.807) is 6.07 Å². The van der Waals surface area contributed by atoms with E-state index in [1.807, 2.05) is 18.2 Å². The predicted molar refractivity (Wildman–Crippen MR) is 55.4 cm³/mol. The molecule has 66 valence electrons. The molecule has 0 bridgehead atoms. The van der Waals surface area contributed by atoms with E-state index in [9.17, 15) is 0 Å². The number of nitrogens with two attached hydrogens (primary N) is 1. The van der Waals surface area contributed by atoms with Gasteiger partial charge in [-0.1, -0.05) is 12.1 Å². The number of halogens is 1. The molecular formula is C9H8BrN3. The number of benzene rings is 1. The van der Waals surface area contributed by atoms with E-state index in [0.29, 0.717) is 16.6 Å². The summed E-state index contributed by atoms with van der Waals surface area (Å²) >= 11 is 3.20. The minimum absolute atomic E-state index is 0.617. The molecule has 1 rings (SSSR count). The van der Waals surface area contributed by atoms with Crippen molar-refractivity contribution in [3.8, 4) is 6.07 Å². The maximum absolute atomic E-state index is 8.64. The van der Waals surface area contributed by atoms with Gasteiger partial charge in [0, 0.05) is 6.42 Å². The van der Waals surface area contributed by atoms with Gasteiger partial charge in [-0.15, -0.1) is 0 Å². The molecule has 0 radical (unpaired) electrons. The minimum Gasteiger partial charge on any atom is -0.323 e. The largest absolute Gasteiger partial charge is 0.323 e. The fourth-order valence-corrected chi connectivity index (χ4v) is 1.29. The van der Waals surface area contributed by atoms with Crippen LogP contribution < -0.4 is 5.84 Å². The molecule has 0 heterocycles. The van der Waals surface area contributed by atoms with Gasteiger partial charge in [0.1, 0.15) is 4.62 Å². The zero-order valence-electron chi connectivity index (χ0n) is 6.87. The molecule has 0 atom stereocenters. The van der Waals surface area contributed by atoms with Crippen LogP contribution in [-0.2, 0) is 6.42 Å². The topological polar surface area (TPSA) is 62.2 Å². The van der Waals surface area contributed by atoms with E-state index in [0.717, 1.165) is 5.56 Å². The van der Waals surface area contributed by atoms with Gasteiger partial charge in [-0.2, -0.15) is 10.4 Å². The molecule has 4 heteroatoms. The number of hydrogen-bond donors (Lipinski definition) is 1. The highest BCUT2D eigenvalue weighted by Gasteiger charge is 1.98. The van der Waals surface area contributed by atoms with Crippen LogP contribution in [0.2, 0.25) is 0 Å². The lowest BCUT2D eigenvalue weighted by Gasteiger charge is -1.98. The monoisotopic (exact) mass is 237 g/mol. The molecule has 13 heavy (non-hydrogen) atoms. The Balaban J connectivity index is 2.85. The Morgan fingerprint density at radius 1 is 1.62 bits per heavy atom. The first kappa shape index (κ1) is 9.75. The highest BCUT2D eigenvalue weighted by Crippen LogP contribution is 2.07. The van der Waals surface area contributed by atoms with Crippen molar-refractivity contribution in [1.29, 1.82) is 5.26 Å². The molecule has 0 saturated carbocycles. The first-order valence-electron chi connectivity index (χ1n) is 3.67. The first-order chi connectivity index (χ1) is 6.26. The Morgan fingerprint density at radius 2 is 2.38 bits per heavy atom. The van der Waals surface area contributed by atoms with Crippen LogP contribution in [0.4, 0.5) is 0 Å². The third-order valence-corrected chi connectivity index (χ3v) is 2.03.